The zero-order chi connectivity index (χ0) is 23.8. The number of urea groups is 1. The van der Waals surface area contributed by atoms with Crippen LogP contribution in [0.15, 0.2) is 27.5 Å². The first-order chi connectivity index (χ1) is 15.1. The maximum Gasteiger partial charge on any atom is 0.315 e. The topological polar surface area (TPSA) is 118 Å². The van der Waals surface area contributed by atoms with Gasteiger partial charge < -0.3 is 25.8 Å². The lowest BCUT2D eigenvalue weighted by Gasteiger charge is -2.19. The quantitative estimate of drug-likeness (QED) is 0.388. The van der Waals surface area contributed by atoms with Crippen LogP contribution in [0.1, 0.15) is 44.9 Å². The Morgan fingerprint density at radius 2 is 2.00 bits per heavy atom. The first-order valence-corrected chi connectivity index (χ1v) is 11.0. The normalized spacial score (nSPS) is 11.0. The predicted molar refractivity (Wildman–Crippen MR) is 123 cm³/mol. The molecular weight excluding hydrogens is 485 g/mol. The number of carbonyl (C=O) groups excluding carboxylic acids is 1. The van der Waals surface area contributed by atoms with Crippen molar-refractivity contribution in [3.8, 4) is 5.88 Å². The average Bonchev–Trinajstić information content (AvgIpc) is 2.72. The van der Waals surface area contributed by atoms with E-state index in [-0.39, 0.29) is 66.3 Å². The molecule has 0 aliphatic carbocycles. The highest BCUT2D eigenvalue weighted by atomic mass is 79.9. The van der Waals surface area contributed by atoms with Gasteiger partial charge in [-0.05, 0) is 66.9 Å². The number of halogens is 2. The lowest BCUT2D eigenvalue weighted by Crippen LogP contribution is -2.39. The van der Waals surface area contributed by atoms with Crippen molar-refractivity contribution in [2.24, 2.45) is 0 Å². The molecule has 0 bridgehead atoms. The lowest BCUT2D eigenvalue weighted by atomic mass is 10.1. The summed E-state index contributed by atoms with van der Waals surface area (Å²) >= 11 is 3.25. The summed E-state index contributed by atoms with van der Waals surface area (Å²) in [5.41, 5.74) is 0.828. The molecular formula is C21H29BrFN5O4. The summed E-state index contributed by atoms with van der Waals surface area (Å²) in [7, 11) is 0. The van der Waals surface area contributed by atoms with Crippen LogP contribution in [-0.4, -0.2) is 39.9 Å². The summed E-state index contributed by atoms with van der Waals surface area (Å²) in [6, 6.07) is 3.60. The van der Waals surface area contributed by atoms with E-state index < -0.39 is 5.82 Å². The standard InChI is InChI=1S/C21H29BrFN5O4/c1-12(2)26-21(31)25-10-15-9-16(23)6-5-14(15)11-32-18-17(22)19(30)28(13(3)4)20(27-18)24-7-8-29/h5-6,9,12-13,29H,7-8,10-11H2,1-4H3,(H,24,27)(H2,25,26,31). The smallest absolute Gasteiger partial charge is 0.315 e. The fourth-order valence-electron chi connectivity index (χ4n) is 2.89. The van der Waals surface area contributed by atoms with Gasteiger partial charge in [0, 0.05) is 25.2 Å². The van der Waals surface area contributed by atoms with Crippen LogP contribution in [0.2, 0.25) is 0 Å². The summed E-state index contributed by atoms with van der Waals surface area (Å²) < 4.78 is 21.2. The van der Waals surface area contributed by atoms with Crippen LogP contribution in [0, 0.1) is 5.82 Å². The first-order valence-electron chi connectivity index (χ1n) is 10.2. The lowest BCUT2D eigenvalue weighted by molar-refractivity contribution is 0.238. The Morgan fingerprint density at radius 1 is 1.28 bits per heavy atom. The molecule has 2 aromatic rings. The van der Waals surface area contributed by atoms with Crippen molar-refractivity contribution >= 4 is 27.9 Å². The van der Waals surface area contributed by atoms with E-state index in [9.17, 15) is 14.0 Å². The first kappa shape index (κ1) is 25.6. The Morgan fingerprint density at radius 3 is 2.62 bits per heavy atom. The van der Waals surface area contributed by atoms with E-state index in [0.717, 1.165) is 0 Å². The van der Waals surface area contributed by atoms with Gasteiger partial charge in [-0.1, -0.05) is 6.07 Å². The molecule has 1 aromatic carbocycles. The van der Waals surface area contributed by atoms with Gasteiger partial charge in [0.15, 0.2) is 0 Å². The number of hydrogen-bond acceptors (Lipinski definition) is 6. The minimum atomic E-state index is -0.441. The van der Waals surface area contributed by atoms with Crippen molar-refractivity contribution in [2.75, 3.05) is 18.5 Å². The van der Waals surface area contributed by atoms with Gasteiger partial charge in [0.1, 0.15) is 16.9 Å². The third-order valence-electron chi connectivity index (χ3n) is 4.33. The van der Waals surface area contributed by atoms with E-state index in [2.05, 4.69) is 36.9 Å². The van der Waals surface area contributed by atoms with Gasteiger partial charge in [-0.15, -0.1) is 0 Å². The van der Waals surface area contributed by atoms with Crippen LogP contribution < -0.4 is 26.2 Å². The Kier molecular flexibility index (Phi) is 9.45. The van der Waals surface area contributed by atoms with Crippen molar-refractivity contribution in [2.45, 2.75) is 52.9 Å². The maximum atomic E-state index is 13.8. The minimum Gasteiger partial charge on any atom is -0.472 e. The molecule has 9 nitrogen and oxygen atoms in total. The van der Waals surface area contributed by atoms with Crippen molar-refractivity contribution < 1.29 is 19.0 Å². The zero-order valence-corrected chi connectivity index (χ0v) is 20.1. The molecule has 2 rings (SSSR count). The van der Waals surface area contributed by atoms with E-state index in [1.165, 1.54) is 16.7 Å². The van der Waals surface area contributed by atoms with E-state index in [1.54, 1.807) is 6.07 Å². The SMILES string of the molecule is CC(C)NC(=O)NCc1cc(F)ccc1COc1nc(NCCO)n(C(C)C)c(=O)c1Br. The number of hydrogen-bond donors (Lipinski definition) is 4. The van der Waals surface area contributed by atoms with Crippen molar-refractivity contribution in [3.05, 3.63) is 50.0 Å². The molecule has 1 heterocycles. The number of nitrogens with zero attached hydrogens (tertiary/aromatic N) is 2. The predicted octanol–water partition coefficient (Wildman–Crippen LogP) is 2.92. The van der Waals surface area contributed by atoms with Crippen molar-refractivity contribution in [3.63, 3.8) is 0 Å². The molecule has 0 fully saturated rings. The van der Waals surface area contributed by atoms with Gasteiger partial charge in [-0.2, -0.15) is 4.98 Å². The summed E-state index contributed by atoms with van der Waals surface area (Å²) in [5, 5.41) is 17.4. The van der Waals surface area contributed by atoms with E-state index in [4.69, 9.17) is 9.84 Å². The number of carbonyl (C=O) groups is 1. The van der Waals surface area contributed by atoms with Crippen LogP contribution in [0.5, 0.6) is 5.88 Å². The molecule has 32 heavy (non-hydrogen) atoms. The van der Waals surface area contributed by atoms with Crippen molar-refractivity contribution in [1.29, 1.82) is 0 Å². The molecule has 0 saturated carbocycles. The highest BCUT2D eigenvalue weighted by molar-refractivity contribution is 9.10. The molecule has 0 spiro atoms. The van der Waals surface area contributed by atoms with E-state index in [0.29, 0.717) is 11.1 Å². The molecule has 176 valence electrons. The molecule has 11 heteroatoms. The summed E-state index contributed by atoms with van der Waals surface area (Å²) in [4.78, 5) is 29.0. The molecule has 1 aromatic heterocycles. The molecule has 0 radical (unpaired) electrons. The van der Waals surface area contributed by atoms with Crippen LogP contribution in [0.3, 0.4) is 0 Å². The second-order valence-corrected chi connectivity index (χ2v) is 8.45. The molecule has 0 unspecified atom stereocenters. The molecule has 0 aliphatic heterocycles. The van der Waals surface area contributed by atoms with Crippen LogP contribution in [-0.2, 0) is 13.2 Å². The second kappa shape index (κ2) is 11.8. The van der Waals surface area contributed by atoms with Gasteiger partial charge in [-0.3, -0.25) is 9.36 Å². The Bertz CT molecular complexity index is 997. The fourth-order valence-corrected chi connectivity index (χ4v) is 3.29. The summed E-state index contributed by atoms with van der Waals surface area (Å²) in [5.74, 6) is -0.110. The number of aromatic nitrogens is 2. The highest BCUT2D eigenvalue weighted by Gasteiger charge is 2.18. The second-order valence-electron chi connectivity index (χ2n) is 7.66. The number of rotatable bonds is 10. The largest absolute Gasteiger partial charge is 0.472 e. The van der Waals surface area contributed by atoms with Crippen LogP contribution in [0.25, 0.3) is 0 Å². The monoisotopic (exact) mass is 513 g/mol. The molecule has 0 aliphatic rings. The number of amides is 2. The maximum absolute atomic E-state index is 13.8. The van der Waals surface area contributed by atoms with Gasteiger partial charge >= 0.3 is 6.03 Å². The number of aliphatic hydroxyl groups excluding tert-OH is 1. The molecule has 0 saturated heterocycles. The summed E-state index contributed by atoms with van der Waals surface area (Å²) in [6.45, 7) is 7.54. The average molecular weight is 514 g/mol. The third kappa shape index (κ3) is 6.92. The number of anilines is 1. The number of aliphatic hydroxyl groups is 1. The molecule has 0 atom stereocenters. The van der Waals surface area contributed by atoms with Gasteiger partial charge in [0.2, 0.25) is 11.8 Å². The van der Waals surface area contributed by atoms with Crippen molar-refractivity contribution in [1.82, 2.24) is 20.2 Å². The van der Waals surface area contributed by atoms with E-state index >= 15 is 0 Å². The highest BCUT2D eigenvalue weighted by Crippen LogP contribution is 2.24. The molecule has 2 amide bonds. The number of nitrogens with one attached hydrogen (secondary N) is 3. The van der Waals surface area contributed by atoms with E-state index in [1.807, 2.05) is 27.7 Å². The fraction of sp³-hybridized carbons (Fsp3) is 0.476. The third-order valence-corrected chi connectivity index (χ3v) is 5.01. The Balaban J connectivity index is 2.25. The number of benzene rings is 1. The van der Waals surface area contributed by atoms with Crippen LogP contribution in [0.4, 0.5) is 15.1 Å². The van der Waals surface area contributed by atoms with Gasteiger partial charge in [0.25, 0.3) is 5.56 Å². The Hall–Kier alpha value is -2.66. The van der Waals surface area contributed by atoms with Gasteiger partial charge in [-0.25, -0.2) is 9.18 Å². The Labute approximate surface area is 194 Å². The number of ether oxygens (including phenoxy) is 1. The molecule has 4 N–H and O–H groups in total. The minimum absolute atomic E-state index is 0.000729. The van der Waals surface area contributed by atoms with Gasteiger partial charge in [0.05, 0.1) is 6.61 Å². The zero-order valence-electron chi connectivity index (χ0n) is 18.5. The summed E-state index contributed by atoms with van der Waals surface area (Å²) in [6.07, 6.45) is 0. The van der Waals surface area contributed by atoms with Crippen LogP contribution >= 0.6 is 15.9 Å².